The molecule has 3 N–H and O–H groups in total. The van der Waals surface area contributed by atoms with Crippen molar-refractivity contribution in [2.75, 3.05) is 31.6 Å². The van der Waals surface area contributed by atoms with Gasteiger partial charge in [-0.25, -0.2) is 0 Å². The maximum Gasteiger partial charge on any atom is 0.253 e. The van der Waals surface area contributed by atoms with Gasteiger partial charge >= 0.3 is 0 Å². The molecule has 0 aromatic heterocycles. The van der Waals surface area contributed by atoms with Crippen LogP contribution >= 0.6 is 23.4 Å². The first kappa shape index (κ1) is 21.1. The van der Waals surface area contributed by atoms with Gasteiger partial charge in [0.2, 0.25) is 5.91 Å². The molecule has 0 aliphatic carbocycles. The van der Waals surface area contributed by atoms with Gasteiger partial charge in [-0.2, -0.15) is 11.8 Å². The topological polar surface area (TPSA) is 70.2 Å². The van der Waals surface area contributed by atoms with Gasteiger partial charge in [0.1, 0.15) is 6.04 Å². The molecular formula is C19H28ClN3O2S. The van der Waals surface area contributed by atoms with Gasteiger partial charge in [-0.3, -0.25) is 9.59 Å². The zero-order valence-corrected chi connectivity index (χ0v) is 17.0. The molecule has 2 amide bonds. The second-order valence-corrected chi connectivity index (χ2v) is 8.46. The summed E-state index contributed by atoms with van der Waals surface area (Å²) in [7, 11) is 0. The van der Waals surface area contributed by atoms with Crippen molar-refractivity contribution < 1.29 is 9.59 Å². The minimum absolute atomic E-state index is 0.109. The summed E-state index contributed by atoms with van der Waals surface area (Å²) in [6.45, 7) is 4.79. The number of halogens is 1. The smallest absolute Gasteiger partial charge is 0.253 e. The second-order valence-electron chi connectivity index (χ2n) is 7.07. The molecule has 2 rings (SSSR count). The highest BCUT2D eigenvalue weighted by Crippen LogP contribution is 2.26. The SMILES string of the molecule is CSCCC(NC(=O)c1ccccc1Cl)C(=O)NCC1(C)CCNCC1. The number of benzene rings is 1. The third kappa shape index (κ3) is 6.18. The predicted octanol–water partition coefficient (Wildman–Crippen LogP) is 2.70. The van der Waals surface area contributed by atoms with Gasteiger partial charge in [-0.15, -0.1) is 0 Å². The summed E-state index contributed by atoms with van der Waals surface area (Å²) in [6, 6.07) is 6.31. The number of carbonyl (C=O) groups excluding carboxylic acids is 2. The number of rotatable bonds is 8. The summed E-state index contributed by atoms with van der Waals surface area (Å²) in [5, 5.41) is 9.63. The van der Waals surface area contributed by atoms with Gasteiger partial charge in [0, 0.05) is 6.54 Å². The molecule has 1 aromatic carbocycles. The Morgan fingerprint density at radius 1 is 1.31 bits per heavy atom. The van der Waals surface area contributed by atoms with Gasteiger partial charge in [0.05, 0.1) is 10.6 Å². The molecule has 0 spiro atoms. The van der Waals surface area contributed by atoms with Crippen LogP contribution in [-0.4, -0.2) is 49.5 Å². The van der Waals surface area contributed by atoms with Crippen LogP contribution in [0.25, 0.3) is 0 Å². The van der Waals surface area contributed by atoms with E-state index in [0.717, 1.165) is 31.7 Å². The molecule has 1 fully saturated rings. The molecule has 144 valence electrons. The first-order valence-electron chi connectivity index (χ1n) is 8.98. The van der Waals surface area contributed by atoms with Gasteiger partial charge in [-0.1, -0.05) is 30.7 Å². The summed E-state index contributed by atoms with van der Waals surface area (Å²) in [5.41, 5.74) is 0.499. The zero-order valence-electron chi connectivity index (χ0n) is 15.4. The van der Waals surface area contributed by atoms with E-state index in [-0.39, 0.29) is 17.2 Å². The van der Waals surface area contributed by atoms with E-state index >= 15 is 0 Å². The van der Waals surface area contributed by atoms with Crippen LogP contribution in [0.3, 0.4) is 0 Å². The number of amides is 2. The van der Waals surface area contributed by atoms with Crippen molar-refractivity contribution >= 4 is 35.2 Å². The molecule has 0 saturated carbocycles. The summed E-state index contributed by atoms with van der Waals surface area (Å²) in [4.78, 5) is 25.2. The lowest BCUT2D eigenvalue weighted by Crippen LogP contribution is -2.50. The van der Waals surface area contributed by atoms with E-state index in [1.165, 1.54) is 0 Å². The number of hydrogen-bond donors (Lipinski definition) is 3. The zero-order chi connectivity index (χ0) is 19.0. The fourth-order valence-corrected chi connectivity index (χ4v) is 3.71. The molecule has 0 radical (unpaired) electrons. The highest BCUT2D eigenvalue weighted by atomic mass is 35.5. The lowest BCUT2D eigenvalue weighted by atomic mass is 9.81. The molecule has 5 nitrogen and oxygen atoms in total. The quantitative estimate of drug-likeness (QED) is 0.630. The van der Waals surface area contributed by atoms with Crippen molar-refractivity contribution in [2.45, 2.75) is 32.2 Å². The molecule has 0 bridgehead atoms. The summed E-state index contributed by atoms with van der Waals surface area (Å²) in [6.07, 6.45) is 4.64. The highest BCUT2D eigenvalue weighted by molar-refractivity contribution is 7.98. The van der Waals surface area contributed by atoms with E-state index in [9.17, 15) is 9.59 Å². The van der Waals surface area contributed by atoms with Gasteiger partial charge < -0.3 is 16.0 Å². The molecule has 7 heteroatoms. The average molecular weight is 398 g/mol. The minimum atomic E-state index is -0.559. The molecule has 1 aliphatic heterocycles. The predicted molar refractivity (Wildman–Crippen MR) is 109 cm³/mol. The molecule has 26 heavy (non-hydrogen) atoms. The van der Waals surface area contributed by atoms with Gasteiger partial charge in [0.15, 0.2) is 0 Å². The number of piperidine rings is 1. The monoisotopic (exact) mass is 397 g/mol. The molecule has 1 aliphatic rings. The Labute approximate surface area is 165 Å². The van der Waals surface area contributed by atoms with Crippen molar-refractivity contribution in [1.29, 1.82) is 0 Å². The molecule has 1 saturated heterocycles. The molecule has 1 unspecified atom stereocenters. The maximum atomic E-state index is 12.7. The molecular weight excluding hydrogens is 370 g/mol. The summed E-state index contributed by atoms with van der Waals surface area (Å²) < 4.78 is 0. The van der Waals surface area contributed by atoms with Crippen molar-refractivity contribution in [3.8, 4) is 0 Å². The van der Waals surface area contributed by atoms with Crippen LogP contribution in [0.2, 0.25) is 5.02 Å². The van der Waals surface area contributed by atoms with E-state index in [2.05, 4.69) is 22.9 Å². The summed E-state index contributed by atoms with van der Waals surface area (Å²) >= 11 is 7.75. The van der Waals surface area contributed by atoms with Crippen LogP contribution in [0.1, 0.15) is 36.5 Å². The Balaban J connectivity index is 1.97. The largest absolute Gasteiger partial charge is 0.354 e. The van der Waals surface area contributed by atoms with Crippen LogP contribution in [0, 0.1) is 5.41 Å². The lowest BCUT2D eigenvalue weighted by molar-refractivity contribution is -0.123. The lowest BCUT2D eigenvalue weighted by Gasteiger charge is -2.34. The van der Waals surface area contributed by atoms with Crippen molar-refractivity contribution in [3.05, 3.63) is 34.9 Å². The Morgan fingerprint density at radius 2 is 2.00 bits per heavy atom. The Morgan fingerprint density at radius 3 is 2.65 bits per heavy atom. The Bertz CT molecular complexity index is 621. The Hall–Kier alpha value is -1.24. The third-order valence-corrected chi connectivity index (χ3v) is 5.82. The van der Waals surface area contributed by atoms with E-state index in [1.807, 2.05) is 6.26 Å². The van der Waals surface area contributed by atoms with E-state index in [0.29, 0.717) is 23.6 Å². The van der Waals surface area contributed by atoms with Crippen LogP contribution in [0.4, 0.5) is 0 Å². The standard InChI is InChI=1S/C19H28ClN3O2S/c1-19(8-10-21-11-9-19)13-22-18(25)16(7-12-26-2)23-17(24)14-5-3-4-6-15(14)20/h3-6,16,21H,7-13H2,1-2H3,(H,22,25)(H,23,24). The van der Waals surface area contributed by atoms with Crippen LogP contribution in [0.15, 0.2) is 24.3 Å². The average Bonchev–Trinajstić information content (AvgIpc) is 2.64. The summed E-state index contributed by atoms with van der Waals surface area (Å²) in [5.74, 6) is 0.353. The first-order chi connectivity index (χ1) is 12.4. The number of carbonyl (C=O) groups is 2. The maximum absolute atomic E-state index is 12.7. The second kappa shape index (κ2) is 10.2. The van der Waals surface area contributed by atoms with Crippen molar-refractivity contribution in [1.82, 2.24) is 16.0 Å². The van der Waals surface area contributed by atoms with Gasteiger partial charge in [0.25, 0.3) is 5.91 Å². The van der Waals surface area contributed by atoms with Crippen molar-refractivity contribution in [3.63, 3.8) is 0 Å². The van der Waals surface area contributed by atoms with Crippen LogP contribution < -0.4 is 16.0 Å². The third-order valence-electron chi connectivity index (χ3n) is 4.85. The van der Waals surface area contributed by atoms with E-state index in [1.54, 1.807) is 36.0 Å². The highest BCUT2D eigenvalue weighted by Gasteiger charge is 2.29. The number of thioether (sulfide) groups is 1. The van der Waals surface area contributed by atoms with E-state index < -0.39 is 6.04 Å². The van der Waals surface area contributed by atoms with Crippen LogP contribution in [0.5, 0.6) is 0 Å². The fourth-order valence-electron chi connectivity index (χ4n) is 3.02. The number of nitrogens with one attached hydrogen (secondary N) is 3. The van der Waals surface area contributed by atoms with Crippen molar-refractivity contribution in [2.24, 2.45) is 5.41 Å². The minimum Gasteiger partial charge on any atom is -0.354 e. The van der Waals surface area contributed by atoms with Crippen LogP contribution in [-0.2, 0) is 4.79 Å². The molecule has 1 aromatic rings. The Kier molecular flexibility index (Phi) is 8.25. The molecule has 1 atom stereocenters. The van der Waals surface area contributed by atoms with E-state index in [4.69, 9.17) is 11.6 Å². The number of hydrogen-bond acceptors (Lipinski definition) is 4. The molecule has 1 heterocycles. The normalized spacial score (nSPS) is 17.3. The fraction of sp³-hybridized carbons (Fsp3) is 0.579. The van der Waals surface area contributed by atoms with Gasteiger partial charge in [-0.05, 0) is 61.9 Å². The first-order valence-corrected chi connectivity index (χ1v) is 10.8.